The number of carbonyl (C=O) groups excluding carboxylic acids is 1. The summed E-state index contributed by atoms with van der Waals surface area (Å²) in [7, 11) is -1.53. The van der Waals surface area contributed by atoms with E-state index < -0.39 is 10.0 Å². The van der Waals surface area contributed by atoms with E-state index in [1.54, 1.807) is 0 Å². The van der Waals surface area contributed by atoms with Crippen LogP contribution in [0.25, 0.3) is 0 Å². The zero-order valence-electron chi connectivity index (χ0n) is 7.28. The highest BCUT2D eigenvalue weighted by molar-refractivity contribution is 7.89. The standard InChI is InChI=1S/C7H13NO3S/c1-6(9)7-3-4-12(10,11)8(2)5-7/h7H,3-5H2,1-2H3. The molecule has 1 saturated heterocycles. The minimum atomic E-state index is -3.05. The van der Waals surface area contributed by atoms with E-state index in [0.717, 1.165) is 0 Å². The van der Waals surface area contributed by atoms with E-state index in [4.69, 9.17) is 0 Å². The van der Waals surface area contributed by atoms with Crippen LogP contribution in [0.2, 0.25) is 0 Å². The maximum atomic E-state index is 11.2. The SMILES string of the molecule is CC(=O)C1CCS(=O)(=O)N(C)C1. The lowest BCUT2D eigenvalue weighted by Gasteiger charge is -2.27. The Morgan fingerprint density at radius 3 is 2.50 bits per heavy atom. The van der Waals surface area contributed by atoms with Gasteiger partial charge in [-0.1, -0.05) is 0 Å². The van der Waals surface area contributed by atoms with Crippen LogP contribution in [0.4, 0.5) is 0 Å². The van der Waals surface area contributed by atoms with Gasteiger partial charge in [-0.15, -0.1) is 0 Å². The van der Waals surface area contributed by atoms with E-state index in [-0.39, 0.29) is 17.5 Å². The summed E-state index contributed by atoms with van der Waals surface area (Å²) in [6.45, 7) is 1.86. The molecule has 0 aromatic rings. The molecule has 0 aromatic carbocycles. The van der Waals surface area contributed by atoms with Crippen molar-refractivity contribution in [2.75, 3.05) is 19.3 Å². The van der Waals surface area contributed by atoms with Crippen LogP contribution in [0.1, 0.15) is 13.3 Å². The topological polar surface area (TPSA) is 54.5 Å². The number of ketones is 1. The second-order valence-electron chi connectivity index (χ2n) is 3.19. The number of hydrogen-bond acceptors (Lipinski definition) is 3. The summed E-state index contributed by atoms with van der Waals surface area (Å²) in [6, 6.07) is 0. The highest BCUT2D eigenvalue weighted by Crippen LogP contribution is 2.17. The fourth-order valence-corrected chi connectivity index (χ4v) is 2.60. The maximum Gasteiger partial charge on any atom is 0.213 e. The van der Waals surface area contributed by atoms with Crippen LogP contribution in [-0.2, 0) is 14.8 Å². The molecule has 1 aliphatic rings. The summed E-state index contributed by atoms with van der Waals surface area (Å²) in [4.78, 5) is 10.9. The van der Waals surface area contributed by atoms with Crippen molar-refractivity contribution in [3.63, 3.8) is 0 Å². The van der Waals surface area contributed by atoms with Crippen molar-refractivity contribution in [2.24, 2.45) is 5.92 Å². The van der Waals surface area contributed by atoms with E-state index in [1.165, 1.54) is 18.3 Å². The summed E-state index contributed by atoms with van der Waals surface area (Å²) in [5.41, 5.74) is 0. The number of hydrogen-bond donors (Lipinski definition) is 0. The molecule has 0 aromatic heterocycles. The third-order valence-electron chi connectivity index (χ3n) is 2.25. The quantitative estimate of drug-likeness (QED) is 0.579. The summed E-state index contributed by atoms with van der Waals surface area (Å²) >= 11 is 0. The van der Waals surface area contributed by atoms with Crippen molar-refractivity contribution in [3.05, 3.63) is 0 Å². The largest absolute Gasteiger partial charge is 0.300 e. The molecular weight excluding hydrogens is 178 g/mol. The molecular formula is C7H13NO3S. The first-order chi connectivity index (χ1) is 5.43. The predicted molar refractivity (Wildman–Crippen MR) is 45.2 cm³/mol. The Balaban J connectivity index is 2.71. The van der Waals surface area contributed by atoms with Crippen molar-refractivity contribution in [1.29, 1.82) is 0 Å². The summed E-state index contributed by atoms with van der Waals surface area (Å²) in [5.74, 6) is 0.0866. The third kappa shape index (κ3) is 1.84. The molecule has 1 aliphatic heterocycles. The molecule has 0 N–H and O–H groups in total. The molecule has 0 amide bonds. The van der Waals surface area contributed by atoms with Crippen molar-refractivity contribution in [3.8, 4) is 0 Å². The molecule has 12 heavy (non-hydrogen) atoms. The Morgan fingerprint density at radius 1 is 1.50 bits per heavy atom. The Labute approximate surface area is 72.6 Å². The van der Waals surface area contributed by atoms with Crippen LogP contribution in [0.5, 0.6) is 0 Å². The fraction of sp³-hybridized carbons (Fsp3) is 0.857. The van der Waals surface area contributed by atoms with Crippen LogP contribution in [0.15, 0.2) is 0 Å². The van der Waals surface area contributed by atoms with Crippen molar-refractivity contribution in [2.45, 2.75) is 13.3 Å². The molecule has 0 spiro atoms. The molecule has 0 bridgehead atoms. The molecule has 5 heteroatoms. The lowest BCUT2D eigenvalue weighted by Crippen LogP contribution is -2.41. The molecule has 4 nitrogen and oxygen atoms in total. The Bertz CT molecular complexity index is 283. The average Bonchev–Trinajstić information content (AvgIpc) is 1.94. The first-order valence-electron chi connectivity index (χ1n) is 3.88. The molecule has 1 fully saturated rings. The minimum Gasteiger partial charge on any atom is -0.300 e. The van der Waals surface area contributed by atoms with Gasteiger partial charge < -0.3 is 0 Å². The molecule has 0 radical (unpaired) electrons. The normalized spacial score (nSPS) is 30.0. The van der Waals surface area contributed by atoms with Crippen LogP contribution >= 0.6 is 0 Å². The maximum absolute atomic E-state index is 11.2. The van der Waals surface area contributed by atoms with E-state index in [2.05, 4.69) is 0 Å². The molecule has 1 unspecified atom stereocenters. The molecule has 1 rings (SSSR count). The Kier molecular flexibility index (Phi) is 2.53. The Morgan fingerprint density at radius 2 is 2.08 bits per heavy atom. The van der Waals surface area contributed by atoms with Gasteiger partial charge in [0.25, 0.3) is 0 Å². The fourth-order valence-electron chi connectivity index (χ4n) is 1.29. The van der Waals surface area contributed by atoms with Crippen LogP contribution < -0.4 is 0 Å². The molecule has 0 saturated carbocycles. The minimum absolute atomic E-state index is 0.0803. The van der Waals surface area contributed by atoms with Gasteiger partial charge in [0.2, 0.25) is 10.0 Å². The average molecular weight is 191 g/mol. The number of sulfonamides is 1. The van der Waals surface area contributed by atoms with E-state index >= 15 is 0 Å². The summed E-state index contributed by atoms with van der Waals surface area (Å²) < 4.78 is 23.6. The summed E-state index contributed by atoms with van der Waals surface area (Å²) in [5, 5.41) is 0. The first-order valence-corrected chi connectivity index (χ1v) is 5.49. The van der Waals surface area contributed by atoms with Crippen molar-refractivity contribution >= 4 is 15.8 Å². The number of Topliss-reactive ketones (excluding diaryl/α,β-unsaturated/α-hetero) is 1. The smallest absolute Gasteiger partial charge is 0.213 e. The van der Waals surface area contributed by atoms with Crippen molar-refractivity contribution in [1.82, 2.24) is 4.31 Å². The highest BCUT2D eigenvalue weighted by atomic mass is 32.2. The van der Waals surface area contributed by atoms with Gasteiger partial charge in [-0.3, -0.25) is 4.79 Å². The second kappa shape index (κ2) is 3.14. The first kappa shape index (κ1) is 9.67. The van der Waals surface area contributed by atoms with E-state index in [0.29, 0.717) is 13.0 Å². The van der Waals surface area contributed by atoms with Gasteiger partial charge in [0.15, 0.2) is 0 Å². The highest BCUT2D eigenvalue weighted by Gasteiger charge is 2.30. The van der Waals surface area contributed by atoms with Gasteiger partial charge in [0, 0.05) is 19.5 Å². The van der Waals surface area contributed by atoms with Crippen molar-refractivity contribution < 1.29 is 13.2 Å². The molecule has 1 atom stereocenters. The number of carbonyl (C=O) groups is 1. The van der Waals surface area contributed by atoms with Crippen LogP contribution in [0.3, 0.4) is 0 Å². The molecule has 70 valence electrons. The van der Waals surface area contributed by atoms with Gasteiger partial charge in [0.1, 0.15) is 5.78 Å². The second-order valence-corrected chi connectivity index (χ2v) is 5.39. The molecule has 1 heterocycles. The van der Waals surface area contributed by atoms with Gasteiger partial charge >= 0.3 is 0 Å². The zero-order valence-corrected chi connectivity index (χ0v) is 8.10. The van der Waals surface area contributed by atoms with Gasteiger partial charge in [-0.05, 0) is 13.3 Å². The van der Waals surface area contributed by atoms with Gasteiger partial charge in [-0.2, -0.15) is 0 Å². The van der Waals surface area contributed by atoms with Gasteiger partial charge in [0.05, 0.1) is 5.75 Å². The monoisotopic (exact) mass is 191 g/mol. The number of rotatable bonds is 1. The lowest BCUT2D eigenvalue weighted by atomic mass is 10.0. The van der Waals surface area contributed by atoms with E-state index in [1.807, 2.05) is 0 Å². The lowest BCUT2D eigenvalue weighted by molar-refractivity contribution is -0.121. The van der Waals surface area contributed by atoms with Crippen LogP contribution in [-0.4, -0.2) is 37.9 Å². The third-order valence-corrected chi connectivity index (χ3v) is 4.10. The summed E-state index contributed by atoms with van der Waals surface area (Å²) in [6.07, 6.45) is 0.474. The number of nitrogens with zero attached hydrogens (tertiary/aromatic N) is 1. The predicted octanol–water partition coefficient (Wildman–Crippen LogP) is -0.143. The van der Waals surface area contributed by atoms with Gasteiger partial charge in [-0.25, -0.2) is 12.7 Å². The zero-order chi connectivity index (χ0) is 9.35. The Hall–Kier alpha value is -0.420. The molecule has 0 aliphatic carbocycles. The van der Waals surface area contributed by atoms with Crippen LogP contribution in [0, 0.1) is 5.92 Å². The van der Waals surface area contributed by atoms with E-state index in [9.17, 15) is 13.2 Å².